The van der Waals surface area contributed by atoms with Crippen LogP contribution in [0, 0.1) is 0 Å². The van der Waals surface area contributed by atoms with Crippen LogP contribution in [0.15, 0.2) is 0 Å². The van der Waals surface area contributed by atoms with E-state index in [2.05, 4.69) is 35.9 Å². The van der Waals surface area contributed by atoms with Crippen LogP contribution >= 0.6 is 0 Å². The van der Waals surface area contributed by atoms with Crippen molar-refractivity contribution < 1.29 is 4.79 Å². The third-order valence-electron chi connectivity index (χ3n) is 5.06. The molecule has 116 valence electrons. The van der Waals surface area contributed by atoms with E-state index in [-0.39, 0.29) is 11.7 Å². The SMILES string of the molecule is CCCC1NC2(CCCC2)C(=O)N1CCN(CC)CC. The molecule has 0 aromatic rings. The molecule has 20 heavy (non-hydrogen) atoms. The van der Waals surface area contributed by atoms with Crippen LogP contribution in [0.3, 0.4) is 0 Å². The van der Waals surface area contributed by atoms with Gasteiger partial charge in [0.1, 0.15) is 0 Å². The fourth-order valence-corrected chi connectivity index (χ4v) is 3.76. The van der Waals surface area contributed by atoms with Crippen molar-refractivity contribution in [2.75, 3.05) is 26.2 Å². The number of hydrogen-bond donors (Lipinski definition) is 1. The molecule has 1 aliphatic carbocycles. The molecule has 1 amide bonds. The van der Waals surface area contributed by atoms with Crippen LogP contribution in [0.5, 0.6) is 0 Å². The van der Waals surface area contributed by atoms with Gasteiger partial charge in [-0.3, -0.25) is 10.1 Å². The predicted molar refractivity (Wildman–Crippen MR) is 82.5 cm³/mol. The molecule has 0 aromatic heterocycles. The lowest BCUT2D eigenvalue weighted by atomic mass is 9.98. The topological polar surface area (TPSA) is 35.6 Å². The minimum absolute atomic E-state index is 0.205. The van der Waals surface area contributed by atoms with Gasteiger partial charge in [-0.15, -0.1) is 0 Å². The molecule has 0 radical (unpaired) electrons. The predicted octanol–water partition coefficient (Wildman–Crippen LogP) is 2.20. The molecule has 1 unspecified atom stereocenters. The number of carbonyl (C=O) groups is 1. The third kappa shape index (κ3) is 3.01. The number of likely N-dealkylation sites (N-methyl/N-ethyl adjacent to an activating group) is 1. The second kappa shape index (κ2) is 6.90. The van der Waals surface area contributed by atoms with Gasteiger partial charge in [0.25, 0.3) is 0 Å². The van der Waals surface area contributed by atoms with E-state index in [1.165, 1.54) is 12.8 Å². The summed E-state index contributed by atoms with van der Waals surface area (Å²) in [4.78, 5) is 17.4. The van der Waals surface area contributed by atoms with Crippen LogP contribution in [0.4, 0.5) is 0 Å². The summed E-state index contributed by atoms with van der Waals surface area (Å²) in [5.41, 5.74) is -0.205. The summed E-state index contributed by atoms with van der Waals surface area (Å²) in [6.45, 7) is 10.6. The lowest BCUT2D eigenvalue weighted by Gasteiger charge is -2.27. The van der Waals surface area contributed by atoms with E-state index in [9.17, 15) is 4.79 Å². The molecule has 2 rings (SSSR count). The Labute approximate surface area is 123 Å². The average molecular weight is 281 g/mol. The average Bonchev–Trinajstić information content (AvgIpc) is 3.01. The Morgan fingerprint density at radius 1 is 1.25 bits per heavy atom. The Hall–Kier alpha value is -0.610. The highest BCUT2D eigenvalue weighted by molar-refractivity contribution is 5.89. The van der Waals surface area contributed by atoms with Gasteiger partial charge in [-0.05, 0) is 32.4 Å². The maximum atomic E-state index is 12.8. The van der Waals surface area contributed by atoms with Gasteiger partial charge < -0.3 is 9.80 Å². The molecule has 1 saturated carbocycles. The third-order valence-corrected chi connectivity index (χ3v) is 5.06. The van der Waals surface area contributed by atoms with Gasteiger partial charge >= 0.3 is 0 Å². The fourth-order valence-electron chi connectivity index (χ4n) is 3.76. The Morgan fingerprint density at radius 2 is 1.90 bits per heavy atom. The van der Waals surface area contributed by atoms with Crippen molar-refractivity contribution in [3.8, 4) is 0 Å². The largest absolute Gasteiger partial charge is 0.324 e. The van der Waals surface area contributed by atoms with Crippen molar-refractivity contribution in [3.63, 3.8) is 0 Å². The maximum Gasteiger partial charge on any atom is 0.244 e. The second-order valence-corrected chi connectivity index (χ2v) is 6.26. The first kappa shape index (κ1) is 15.8. The van der Waals surface area contributed by atoms with E-state index in [4.69, 9.17) is 0 Å². The van der Waals surface area contributed by atoms with E-state index >= 15 is 0 Å². The smallest absolute Gasteiger partial charge is 0.244 e. The minimum atomic E-state index is -0.205. The van der Waals surface area contributed by atoms with Crippen molar-refractivity contribution in [3.05, 3.63) is 0 Å². The van der Waals surface area contributed by atoms with Gasteiger partial charge in [-0.25, -0.2) is 0 Å². The zero-order valence-corrected chi connectivity index (χ0v) is 13.5. The van der Waals surface area contributed by atoms with Crippen LogP contribution in [0.2, 0.25) is 0 Å². The monoisotopic (exact) mass is 281 g/mol. The van der Waals surface area contributed by atoms with E-state index in [0.717, 1.165) is 51.9 Å². The molecule has 1 saturated heterocycles. The summed E-state index contributed by atoms with van der Waals surface area (Å²) in [5, 5.41) is 3.68. The summed E-state index contributed by atoms with van der Waals surface area (Å²) in [7, 11) is 0. The highest BCUT2D eigenvalue weighted by Gasteiger charge is 2.51. The molecule has 1 heterocycles. The van der Waals surface area contributed by atoms with Gasteiger partial charge in [-0.1, -0.05) is 40.0 Å². The standard InChI is InChI=1S/C16H31N3O/c1-4-9-14-17-16(10-7-8-11-16)15(20)19(14)13-12-18(5-2)6-3/h14,17H,4-13H2,1-3H3. The van der Waals surface area contributed by atoms with E-state index < -0.39 is 0 Å². The van der Waals surface area contributed by atoms with Gasteiger partial charge in [0.05, 0.1) is 11.7 Å². The second-order valence-electron chi connectivity index (χ2n) is 6.26. The van der Waals surface area contributed by atoms with Crippen molar-refractivity contribution in [1.29, 1.82) is 0 Å². The highest BCUT2D eigenvalue weighted by atomic mass is 16.2. The minimum Gasteiger partial charge on any atom is -0.324 e. The van der Waals surface area contributed by atoms with E-state index in [1.807, 2.05) is 0 Å². The Kier molecular flexibility index (Phi) is 5.44. The van der Waals surface area contributed by atoms with Crippen LogP contribution in [0.1, 0.15) is 59.3 Å². The number of carbonyl (C=O) groups excluding carboxylic acids is 1. The Balaban J connectivity index is 2.01. The molecular formula is C16H31N3O. The fraction of sp³-hybridized carbons (Fsp3) is 0.938. The van der Waals surface area contributed by atoms with Crippen molar-refractivity contribution in [1.82, 2.24) is 15.1 Å². The Morgan fingerprint density at radius 3 is 2.45 bits per heavy atom. The van der Waals surface area contributed by atoms with Crippen LogP contribution < -0.4 is 5.32 Å². The molecule has 1 N–H and O–H groups in total. The van der Waals surface area contributed by atoms with Gasteiger partial charge in [-0.2, -0.15) is 0 Å². The first-order valence-corrected chi connectivity index (χ1v) is 8.48. The molecular weight excluding hydrogens is 250 g/mol. The molecule has 1 spiro atoms. The van der Waals surface area contributed by atoms with E-state index in [0.29, 0.717) is 5.91 Å². The van der Waals surface area contributed by atoms with Crippen molar-refractivity contribution >= 4 is 5.91 Å². The molecule has 1 atom stereocenters. The molecule has 4 nitrogen and oxygen atoms in total. The van der Waals surface area contributed by atoms with Gasteiger partial charge in [0.15, 0.2) is 0 Å². The maximum absolute atomic E-state index is 12.8. The zero-order chi connectivity index (χ0) is 14.6. The van der Waals surface area contributed by atoms with Crippen LogP contribution in [-0.4, -0.2) is 53.6 Å². The van der Waals surface area contributed by atoms with E-state index in [1.54, 1.807) is 0 Å². The molecule has 2 aliphatic rings. The summed E-state index contributed by atoms with van der Waals surface area (Å²) < 4.78 is 0. The number of nitrogens with zero attached hydrogens (tertiary/aromatic N) is 2. The highest BCUT2D eigenvalue weighted by Crippen LogP contribution is 2.37. The summed E-state index contributed by atoms with van der Waals surface area (Å²) >= 11 is 0. The summed E-state index contributed by atoms with van der Waals surface area (Å²) in [6.07, 6.45) is 6.93. The number of amides is 1. The zero-order valence-electron chi connectivity index (χ0n) is 13.5. The molecule has 0 bridgehead atoms. The quantitative estimate of drug-likeness (QED) is 0.777. The number of rotatable bonds is 7. The van der Waals surface area contributed by atoms with Crippen LogP contribution in [-0.2, 0) is 4.79 Å². The molecule has 4 heteroatoms. The first-order chi connectivity index (χ1) is 9.66. The lowest BCUT2D eigenvalue weighted by Crippen LogP contribution is -2.44. The van der Waals surface area contributed by atoms with Gasteiger partial charge in [0.2, 0.25) is 5.91 Å². The number of hydrogen-bond acceptors (Lipinski definition) is 3. The van der Waals surface area contributed by atoms with Crippen molar-refractivity contribution in [2.45, 2.75) is 71.0 Å². The lowest BCUT2D eigenvalue weighted by molar-refractivity contribution is -0.133. The summed E-state index contributed by atoms with van der Waals surface area (Å²) in [5.74, 6) is 0.376. The van der Waals surface area contributed by atoms with Crippen LogP contribution in [0.25, 0.3) is 0 Å². The Bertz CT molecular complexity index is 322. The van der Waals surface area contributed by atoms with Gasteiger partial charge in [0, 0.05) is 13.1 Å². The van der Waals surface area contributed by atoms with Crippen molar-refractivity contribution in [2.24, 2.45) is 0 Å². The molecule has 2 fully saturated rings. The number of nitrogens with one attached hydrogen (secondary N) is 1. The normalized spacial score (nSPS) is 25.3. The molecule has 0 aromatic carbocycles. The summed E-state index contributed by atoms with van der Waals surface area (Å²) in [6, 6.07) is 0. The molecule has 1 aliphatic heterocycles. The first-order valence-electron chi connectivity index (χ1n) is 8.48.